The van der Waals surface area contributed by atoms with Crippen LogP contribution in [0.5, 0.6) is 0 Å². The van der Waals surface area contributed by atoms with Crippen molar-refractivity contribution in [1.29, 1.82) is 0 Å². The monoisotopic (exact) mass is 429 g/mol. The minimum atomic E-state index is -0.781. The predicted molar refractivity (Wildman–Crippen MR) is 119 cm³/mol. The van der Waals surface area contributed by atoms with Gasteiger partial charge < -0.3 is 10.1 Å². The maximum absolute atomic E-state index is 13.3. The summed E-state index contributed by atoms with van der Waals surface area (Å²) < 4.78 is 19.9. The Bertz CT molecular complexity index is 1250. The first-order chi connectivity index (χ1) is 15.5. The molecule has 0 aliphatic heterocycles. The molecular formula is C25H20FN3O3. The molecule has 0 aliphatic carbocycles. The number of halogens is 1. The van der Waals surface area contributed by atoms with Crippen LogP contribution in [0.25, 0.3) is 16.9 Å². The summed E-state index contributed by atoms with van der Waals surface area (Å²) in [4.78, 5) is 24.6. The van der Waals surface area contributed by atoms with Gasteiger partial charge in [0.2, 0.25) is 0 Å². The number of nitrogens with zero attached hydrogens (tertiary/aromatic N) is 2. The minimum absolute atomic E-state index is 0.0359. The van der Waals surface area contributed by atoms with Crippen molar-refractivity contribution in [2.24, 2.45) is 0 Å². The Morgan fingerprint density at radius 3 is 2.44 bits per heavy atom. The third-order valence-corrected chi connectivity index (χ3v) is 4.72. The third-order valence-electron chi connectivity index (χ3n) is 4.72. The molecule has 0 saturated carbocycles. The molecule has 0 aliphatic rings. The number of anilines is 1. The van der Waals surface area contributed by atoms with E-state index in [-0.39, 0.29) is 5.56 Å². The number of benzene rings is 3. The average molecular weight is 429 g/mol. The molecule has 3 aromatic carbocycles. The highest BCUT2D eigenvalue weighted by molar-refractivity contribution is 5.95. The summed E-state index contributed by atoms with van der Waals surface area (Å²) in [6.07, 6.45) is 0. The lowest BCUT2D eigenvalue weighted by Crippen LogP contribution is -2.22. The summed E-state index contributed by atoms with van der Waals surface area (Å²) in [5.74, 6) is -1.45. The Kier molecular flexibility index (Phi) is 6.07. The Morgan fingerprint density at radius 1 is 0.969 bits per heavy atom. The van der Waals surface area contributed by atoms with E-state index in [1.54, 1.807) is 10.7 Å². The first-order valence-electron chi connectivity index (χ1n) is 9.95. The quantitative estimate of drug-likeness (QED) is 0.448. The van der Waals surface area contributed by atoms with E-state index in [1.165, 1.54) is 18.2 Å². The number of hydrogen-bond acceptors (Lipinski definition) is 4. The molecule has 1 heterocycles. The second-order valence-corrected chi connectivity index (χ2v) is 7.16. The van der Waals surface area contributed by atoms with Crippen LogP contribution in [0.15, 0.2) is 84.9 Å². The minimum Gasteiger partial charge on any atom is -0.452 e. The second kappa shape index (κ2) is 9.26. The molecule has 0 bridgehead atoms. The molecule has 0 fully saturated rings. The Hall–Kier alpha value is -4.26. The number of aromatic nitrogens is 2. The van der Waals surface area contributed by atoms with Crippen molar-refractivity contribution in [2.75, 3.05) is 11.9 Å². The highest BCUT2D eigenvalue weighted by Crippen LogP contribution is 2.25. The van der Waals surface area contributed by atoms with E-state index < -0.39 is 24.3 Å². The molecule has 6 nitrogen and oxygen atoms in total. The molecule has 1 N–H and O–H groups in total. The summed E-state index contributed by atoms with van der Waals surface area (Å²) in [7, 11) is 0. The van der Waals surface area contributed by atoms with Crippen LogP contribution < -0.4 is 5.32 Å². The number of ether oxygens (including phenoxy) is 1. The van der Waals surface area contributed by atoms with Crippen LogP contribution in [-0.2, 0) is 9.53 Å². The smallest absolute Gasteiger partial charge is 0.338 e. The van der Waals surface area contributed by atoms with Crippen LogP contribution in [0.2, 0.25) is 0 Å². The molecule has 0 unspecified atom stereocenters. The summed E-state index contributed by atoms with van der Waals surface area (Å²) in [5.41, 5.74) is 3.51. The lowest BCUT2D eigenvalue weighted by Gasteiger charge is -2.09. The summed E-state index contributed by atoms with van der Waals surface area (Å²) in [6, 6.07) is 24.1. The van der Waals surface area contributed by atoms with Gasteiger partial charge in [0.15, 0.2) is 6.61 Å². The topological polar surface area (TPSA) is 73.2 Å². The number of nitrogens with one attached hydrogen (secondary N) is 1. The number of rotatable bonds is 6. The van der Waals surface area contributed by atoms with Crippen molar-refractivity contribution in [2.45, 2.75) is 6.92 Å². The zero-order valence-corrected chi connectivity index (χ0v) is 17.3. The van der Waals surface area contributed by atoms with Gasteiger partial charge in [0.05, 0.1) is 16.9 Å². The summed E-state index contributed by atoms with van der Waals surface area (Å²) in [5, 5.41) is 7.38. The van der Waals surface area contributed by atoms with Gasteiger partial charge in [-0.25, -0.2) is 13.9 Å². The fourth-order valence-corrected chi connectivity index (χ4v) is 3.11. The van der Waals surface area contributed by atoms with Crippen LogP contribution in [0.4, 0.5) is 10.2 Å². The standard InChI is InChI=1S/C25H20FN3O3/c1-17-10-12-18(13-11-17)22-15-23(29(28-22)21-8-3-2-4-9-21)27-24(30)16-32-25(31)19-6-5-7-20(26)14-19/h2-15H,16H2,1H3,(H,27,30). The van der Waals surface area contributed by atoms with Gasteiger partial charge in [0.1, 0.15) is 11.6 Å². The predicted octanol–water partition coefficient (Wildman–Crippen LogP) is 4.78. The van der Waals surface area contributed by atoms with Gasteiger partial charge in [0, 0.05) is 11.6 Å². The molecule has 0 atom stereocenters. The lowest BCUT2D eigenvalue weighted by atomic mass is 10.1. The molecule has 7 heteroatoms. The van der Waals surface area contributed by atoms with E-state index in [9.17, 15) is 14.0 Å². The second-order valence-electron chi connectivity index (χ2n) is 7.16. The highest BCUT2D eigenvalue weighted by Gasteiger charge is 2.16. The normalized spacial score (nSPS) is 10.6. The van der Waals surface area contributed by atoms with Gasteiger partial charge in [-0.2, -0.15) is 5.10 Å². The van der Waals surface area contributed by atoms with Crippen molar-refractivity contribution in [3.8, 4) is 16.9 Å². The molecule has 1 aromatic heterocycles. The van der Waals surface area contributed by atoms with Gasteiger partial charge in [-0.3, -0.25) is 4.79 Å². The number of esters is 1. The van der Waals surface area contributed by atoms with Gasteiger partial charge in [-0.05, 0) is 37.3 Å². The van der Waals surface area contributed by atoms with Gasteiger partial charge in [-0.15, -0.1) is 0 Å². The number of para-hydroxylation sites is 1. The van der Waals surface area contributed by atoms with E-state index in [2.05, 4.69) is 10.4 Å². The molecule has 0 radical (unpaired) electrons. The fraction of sp³-hybridized carbons (Fsp3) is 0.0800. The van der Waals surface area contributed by atoms with E-state index in [1.807, 2.05) is 61.5 Å². The van der Waals surface area contributed by atoms with Crippen LogP contribution in [0.1, 0.15) is 15.9 Å². The fourth-order valence-electron chi connectivity index (χ4n) is 3.11. The van der Waals surface area contributed by atoms with Crippen LogP contribution in [0.3, 0.4) is 0 Å². The summed E-state index contributed by atoms with van der Waals surface area (Å²) >= 11 is 0. The SMILES string of the molecule is Cc1ccc(-c2cc(NC(=O)COC(=O)c3cccc(F)c3)n(-c3ccccc3)n2)cc1. The number of aryl methyl sites for hydroxylation is 1. The number of hydrogen-bond donors (Lipinski definition) is 1. The van der Waals surface area contributed by atoms with Crippen LogP contribution in [0, 0.1) is 12.7 Å². The van der Waals surface area contributed by atoms with E-state index in [0.29, 0.717) is 11.5 Å². The molecule has 4 rings (SSSR count). The molecule has 4 aromatic rings. The van der Waals surface area contributed by atoms with Gasteiger partial charge >= 0.3 is 5.97 Å². The molecular weight excluding hydrogens is 409 g/mol. The third kappa shape index (κ3) is 4.89. The van der Waals surface area contributed by atoms with Crippen LogP contribution in [-0.4, -0.2) is 28.3 Å². The van der Waals surface area contributed by atoms with Crippen molar-refractivity contribution in [3.63, 3.8) is 0 Å². The molecule has 0 saturated heterocycles. The van der Waals surface area contributed by atoms with Gasteiger partial charge in [0.25, 0.3) is 5.91 Å². The highest BCUT2D eigenvalue weighted by atomic mass is 19.1. The lowest BCUT2D eigenvalue weighted by molar-refractivity contribution is -0.119. The van der Waals surface area contributed by atoms with E-state index >= 15 is 0 Å². The zero-order valence-electron chi connectivity index (χ0n) is 17.3. The molecule has 1 amide bonds. The first kappa shape index (κ1) is 21.0. The average Bonchev–Trinajstić information content (AvgIpc) is 3.22. The number of carbonyl (C=O) groups excluding carboxylic acids is 2. The van der Waals surface area contributed by atoms with Gasteiger partial charge in [-0.1, -0.05) is 54.1 Å². The maximum atomic E-state index is 13.3. The Morgan fingerprint density at radius 2 is 1.72 bits per heavy atom. The van der Waals surface area contributed by atoms with E-state index in [4.69, 9.17) is 4.74 Å². The van der Waals surface area contributed by atoms with Crippen LogP contribution >= 0.6 is 0 Å². The van der Waals surface area contributed by atoms with Crippen molar-refractivity contribution in [1.82, 2.24) is 9.78 Å². The van der Waals surface area contributed by atoms with Crippen molar-refractivity contribution >= 4 is 17.7 Å². The van der Waals surface area contributed by atoms with Crippen molar-refractivity contribution in [3.05, 3.63) is 102 Å². The number of carbonyl (C=O) groups is 2. The Labute approximate surface area is 184 Å². The number of amides is 1. The van der Waals surface area contributed by atoms with Crippen molar-refractivity contribution < 1.29 is 18.7 Å². The molecule has 0 spiro atoms. The van der Waals surface area contributed by atoms with E-state index in [0.717, 1.165) is 22.9 Å². The maximum Gasteiger partial charge on any atom is 0.338 e. The summed E-state index contributed by atoms with van der Waals surface area (Å²) in [6.45, 7) is 1.48. The first-order valence-corrected chi connectivity index (χ1v) is 9.95. The molecule has 160 valence electrons. The largest absolute Gasteiger partial charge is 0.452 e. The Balaban J connectivity index is 1.53. The zero-order chi connectivity index (χ0) is 22.5. The molecule has 32 heavy (non-hydrogen) atoms.